The van der Waals surface area contributed by atoms with Crippen molar-refractivity contribution in [3.8, 4) is 5.75 Å². The Morgan fingerprint density at radius 2 is 1.77 bits per heavy atom. The molecule has 0 saturated heterocycles. The first-order valence-corrected chi connectivity index (χ1v) is 11.0. The van der Waals surface area contributed by atoms with Gasteiger partial charge in [-0.25, -0.2) is 4.79 Å². The predicted octanol–water partition coefficient (Wildman–Crippen LogP) is 4.23. The van der Waals surface area contributed by atoms with Crippen LogP contribution in [0.2, 0.25) is 25.7 Å². The number of fused-ring (bicyclic) bond motifs is 1. The quantitative estimate of drug-likeness (QED) is 0.471. The Hall–Kier alpha value is -1.85. The summed E-state index contributed by atoms with van der Waals surface area (Å²) in [7, 11) is -1.13. The highest BCUT2D eigenvalue weighted by Gasteiger charge is 2.14. The van der Waals surface area contributed by atoms with Crippen LogP contribution in [0.4, 0.5) is 0 Å². The highest BCUT2D eigenvalue weighted by atomic mass is 28.3. The smallest absolute Gasteiger partial charge is 0.339 e. The van der Waals surface area contributed by atoms with E-state index in [-0.39, 0.29) is 12.4 Å². The van der Waals surface area contributed by atoms with Crippen molar-refractivity contribution in [1.29, 1.82) is 0 Å². The normalized spacial score (nSPS) is 11.6. The molecule has 0 aromatic heterocycles. The lowest BCUT2D eigenvalue weighted by Gasteiger charge is -2.16. The van der Waals surface area contributed by atoms with E-state index in [1.165, 1.54) is 0 Å². The number of hydrogen-bond donors (Lipinski definition) is 1. The fraction of sp³-hybridized carbons (Fsp3) is 0.353. The molecule has 0 aliphatic carbocycles. The lowest BCUT2D eigenvalue weighted by molar-refractivity contribution is 0.0211. The van der Waals surface area contributed by atoms with Crippen LogP contribution in [-0.4, -0.2) is 32.5 Å². The second-order valence-corrected chi connectivity index (χ2v) is 12.1. The molecule has 5 heteroatoms. The van der Waals surface area contributed by atoms with E-state index >= 15 is 0 Å². The second-order valence-electron chi connectivity index (χ2n) is 6.48. The minimum Gasteiger partial charge on any atom is -0.478 e. The van der Waals surface area contributed by atoms with Crippen LogP contribution in [0, 0.1) is 0 Å². The number of ether oxygens (including phenoxy) is 2. The van der Waals surface area contributed by atoms with Gasteiger partial charge in [-0.15, -0.1) is 0 Å². The molecule has 118 valence electrons. The molecule has 2 aromatic carbocycles. The molecule has 22 heavy (non-hydrogen) atoms. The molecule has 2 aromatic rings. The first kappa shape index (κ1) is 16.5. The Kier molecular flexibility index (Phi) is 5.21. The number of carboxylic acids is 1. The zero-order valence-electron chi connectivity index (χ0n) is 13.3. The minimum absolute atomic E-state index is 0.0725. The van der Waals surface area contributed by atoms with E-state index in [9.17, 15) is 9.90 Å². The van der Waals surface area contributed by atoms with Gasteiger partial charge in [0.15, 0.2) is 6.79 Å². The Balaban J connectivity index is 2.06. The van der Waals surface area contributed by atoms with Crippen molar-refractivity contribution < 1.29 is 19.4 Å². The summed E-state index contributed by atoms with van der Waals surface area (Å²) in [5, 5.41) is 11.1. The van der Waals surface area contributed by atoms with Gasteiger partial charge in [0.2, 0.25) is 0 Å². The fourth-order valence-electron chi connectivity index (χ4n) is 2.05. The molecule has 4 nitrogen and oxygen atoms in total. The number of hydrogen-bond acceptors (Lipinski definition) is 3. The van der Waals surface area contributed by atoms with E-state index in [2.05, 4.69) is 19.6 Å². The SMILES string of the molecule is C[Si](C)(C)CCOCOc1cc2ccccc2cc1C(=O)O. The van der Waals surface area contributed by atoms with Crippen molar-refractivity contribution in [1.82, 2.24) is 0 Å². The molecule has 0 aliphatic heterocycles. The first-order chi connectivity index (χ1) is 10.4. The van der Waals surface area contributed by atoms with Gasteiger partial charge in [0, 0.05) is 14.7 Å². The van der Waals surface area contributed by atoms with Gasteiger partial charge in [0.05, 0.1) is 0 Å². The molecule has 0 fully saturated rings. The van der Waals surface area contributed by atoms with E-state index in [1.807, 2.05) is 24.3 Å². The van der Waals surface area contributed by atoms with Crippen molar-refractivity contribution in [2.24, 2.45) is 0 Å². The van der Waals surface area contributed by atoms with Crippen LogP contribution in [0.25, 0.3) is 10.8 Å². The van der Waals surface area contributed by atoms with Crippen LogP contribution >= 0.6 is 0 Å². The molecular formula is C17H22O4Si. The third-order valence-electron chi connectivity index (χ3n) is 3.37. The molecule has 0 aliphatic rings. The predicted molar refractivity (Wildman–Crippen MR) is 90.5 cm³/mol. The molecule has 0 unspecified atom stereocenters. The molecule has 0 radical (unpaired) electrons. The van der Waals surface area contributed by atoms with Crippen LogP contribution < -0.4 is 4.74 Å². The lowest BCUT2D eigenvalue weighted by Crippen LogP contribution is -2.22. The maximum absolute atomic E-state index is 11.4. The highest BCUT2D eigenvalue weighted by molar-refractivity contribution is 6.76. The maximum Gasteiger partial charge on any atom is 0.339 e. The molecule has 1 N–H and O–H groups in total. The van der Waals surface area contributed by atoms with Crippen molar-refractivity contribution >= 4 is 24.8 Å². The van der Waals surface area contributed by atoms with Crippen LogP contribution in [0.5, 0.6) is 5.75 Å². The van der Waals surface area contributed by atoms with Gasteiger partial charge in [0.1, 0.15) is 11.3 Å². The molecule has 0 atom stereocenters. The lowest BCUT2D eigenvalue weighted by atomic mass is 10.1. The average Bonchev–Trinajstić information content (AvgIpc) is 2.44. The van der Waals surface area contributed by atoms with Gasteiger partial charge in [-0.2, -0.15) is 0 Å². The second kappa shape index (κ2) is 6.94. The number of carbonyl (C=O) groups is 1. The summed E-state index contributed by atoms with van der Waals surface area (Å²) in [6, 6.07) is 12.1. The average molecular weight is 318 g/mol. The molecule has 0 amide bonds. The minimum atomic E-state index is -1.13. The van der Waals surface area contributed by atoms with Crippen LogP contribution in [0.1, 0.15) is 10.4 Å². The third-order valence-corrected chi connectivity index (χ3v) is 5.08. The Bertz CT molecular complexity index is 661. The Morgan fingerprint density at radius 3 is 2.36 bits per heavy atom. The summed E-state index contributed by atoms with van der Waals surface area (Å²) in [6.07, 6.45) is 0. The maximum atomic E-state index is 11.4. The van der Waals surface area contributed by atoms with Gasteiger partial charge < -0.3 is 14.6 Å². The van der Waals surface area contributed by atoms with E-state index in [0.29, 0.717) is 12.4 Å². The fourth-order valence-corrected chi connectivity index (χ4v) is 2.81. The van der Waals surface area contributed by atoms with Crippen LogP contribution in [-0.2, 0) is 4.74 Å². The summed E-state index contributed by atoms with van der Waals surface area (Å²) in [5.41, 5.74) is 0.160. The number of rotatable bonds is 7. The Morgan fingerprint density at radius 1 is 1.14 bits per heavy atom. The third kappa shape index (κ3) is 4.58. The highest BCUT2D eigenvalue weighted by Crippen LogP contribution is 2.26. The molecular weight excluding hydrogens is 296 g/mol. The summed E-state index contributed by atoms with van der Waals surface area (Å²) in [4.78, 5) is 11.4. The zero-order chi connectivity index (χ0) is 16.2. The van der Waals surface area contributed by atoms with E-state index in [0.717, 1.165) is 16.8 Å². The van der Waals surface area contributed by atoms with Gasteiger partial charge in [-0.1, -0.05) is 43.9 Å². The molecule has 0 saturated carbocycles. The summed E-state index contributed by atoms with van der Waals surface area (Å²) in [6.45, 7) is 7.56. The monoisotopic (exact) mass is 318 g/mol. The van der Waals surface area contributed by atoms with Crippen molar-refractivity contribution in [2.45, 2.75) is 25.7 Å². The van der Waals surface area contributed by atoms with Crippen molar-refractivity contribution in [3.63, 3.8) is 0 Å². The van der Waals surface area contributed by atoms with Gasteiger partial charge in [0.25, 0.3) is 0 Å². The zero-order valence-corrected chi connectivity index (χ0v) is 14.3. The first-order valence-electron chi connectivity index (χ1n) is 7.33. The number of benzene rings is 2. The molecule has 0 bridgehead atoms. The van der Waals surface area contributed by atoms with E-state index in [4.69, 9.17) is 9.47 Å². The topological polar surface area (TPSA) is 55.8 Å². The largest absolute Gasteiger partial charge is 0.478 e. The molecule has 2 rings (SSSR count). The van der Waals surface area contributed by atoms with Crippen LogP contribution in [0.15, 0.2) is 36.4 Å². The van der Waals surface area contributed by atoms with E-state index < -0.39 is 14.0 Å². The van der Waals surface area contributed by atoms with Gasteiger partial charge >= 0.3 is 5.97 Å². The van der Waals surface area contributed by atoms with Crippen LogP contribution in [0.3, 0.4) is 0 Å². The van der Waals surface area contributed by atoms with Crippen molar-refractivity contribution in [3.05, 3.63) is 42.0 Å². The number of aromatic carboxylic acids is 1. The van der Waals surface area contributed by atoms with Crippen molar-refractivity contribution in [2.75, 3.05) is 13.4 Å². The molecule has 0 spiro atoms. The van der Waals surface area contributed by atoms with E-state index in [1.54, 1.807) is 12.1 Å². The summed E-state index contributed by atoms with van der Waals surface area (Å²) in [5.74, 6) is -0.651. The Labute approximate surface area is 131 Å². The van der Waals surface area contributed by atoms with Gasteiger partial charge in [-0.05, 0) is 28.9 Å². The standard InChI is InChI=1S/C17H22O4Si/c1-22(2,3)9-8-20-12-21-16-11-14-7-5-4-6-13(14)10-15(16)17(18)19/h4-7,10-11H,8-9,12H2,1-3H3,(H,18,19). The molecule has 0 heterocycles. The van der Waals surface area contributed by atoms with Gasteiger partial charge in [-0.3, -0.25) is 0 Å². The summed E-state index contributed by atoms with van der Waals surface area (Å²) < 4.78 is 11.0. The summed E-state index contributed by atoms with van der Waals surface area (Å²) >= 11 is 0. The number of carboxylic acid groups (broad SMARTS) is 1.